The molecule has 5 heteroatoms. The highest BCUT2D eigenvalue weighted by Crippen LogP contribution is 2.64. The third-order valence-electron chi connectivity index (χ3n) is 10.8. The van der Waals surface area contributed by atoms with Crippen LogP contribution in [0.15, 0.2) is 11.6 Å². The zero-order valence-corrected chi connectivity index (χ0v) is 23.4. The molecule has 0 radical (unpaired) electrons. The smallest absolute Gasteiger partial charge is 0.306 e. The Morgan fingerprint density at radius 2 is 1.86 bits per heavy atom. The van der Waals surface area contributed by atoms with Crippen molar-refractivity contribution in [3.63, 3.8) is 0 Å². The summed E-state index contributed by atoms with van der Waals surface area (Å²) < 4.78 is 6.11. The molecule has 4 rings (SSSR count). The van der Waals surface area contributed by atoms with E-state index in [0.717, 1.165) is 31.7 Å². The molecule has 0 bridgehead atoms. The van der Waals surface area contributed by atoms with Crippen LogP contribution in [0.5, 0.6) is 0 Å². The fraction of sp³-hybridized carbons (Fsp3) is 0.867. The number of allylic oxidation sites excluding steroid dienone is 2. The first-order chi connectivity index (χ1) is 16.5. The largest absolute Gasteiger partial charge is 0.462 e. The molecule has 5 nitrogen and oxygen atoms in total. The third kappa shape index (κ3) is 4.95. The predicted octanol–water partition coefficient (Wildman–Crippen LogP) is 6.38. The van der Waals surface area contributed by atoms with Gasteiger partial charge in [-0.3, -0.25) is 14.6 Å². The standard InChI is InChI=1S/C30H50N2O3/c1-20(2)9-8-10-21(3)19-28(34)35-22(4)24-11-12-25-23-15-18-32-30(6,17-14-27(33)31(32)7)26(23)13-16-29(24,25)5/h9,21-26H,8,10-19H2,1-7H3/t21?,22?,23-,24+,25-,26-,29+,30+/m0/s1. The van der Waals surface area contributed by atoms with E-state index in [1.54, 1.807) is 0 Å². The molecule has 0 aromatic carbocycles. The summed E-state index contributed by atoms with van der Waals surface area (Å²) in [6.07, 6.45) is 12.6. The van der Waals surface area contributed by atoms with E-state index in [1.807, 2.05) is 12.1 Å². The number of hydrazine groups is 1. The molecule has 35 heavy (non-hydrogen) atoms. The molecule has 2 aliphatic carbocycles. The van der Waals surface area contributed by atoms with Gasteiger partial charge in [0.05, 0.1) is 0 Å². The lowest BCUT2D eigenvalue weighted by Gasteiger charge is -2.63. The van der Waals surface area contributed by atoms with Gasteiger partial charge >= 0.3 is 5.97 Å². The van der Waals surface area contributed by atoms with Crippen LogP contribution in [0, 0.1) is 35.0 Å². The van der Waals surface area contributed by atoms with Gasteiger partial charge in [0.1, 0.15) is 6.10 Å². The lowest BCUT2D eigenvalue weighted by molar-refractivity contribution is -0.208. The van der Waals surface area contributed by atoms with Crippen LogP contribution in [0.2, 0.25) is 0 Å². The summed E-state index contributed by atoms with van der Waals surface area (Å²) in [7, 11) is 1.97. The van der Waals surface area contributed by atoms with Gasteiger partial charge in [-0.05, 0) is 108 Å². The maximum absolute atomic E-state index is 12.8. The van der Waals surface area contributed by atoms with Crippen LogP contribution in [0.1, 0.15) is 106 Å². The average Bonchev–Trinajstić information content (AvgIpc) is 3.13. The van der Waals surface area contributed by atoms with Gasteiger partial charge in [-0.15, -0.1) is 0 Å². The molecule has 2 aliphatic heterocycles. The maximum Gasteiger partial charge on any atom is 0.306 e. The zero-order valence-electron chi connectivity index (χ0n) is 23.4. The molecule has 0 N–H and O–H groups in total. The minimum Gasteiger partial charge on any atom is -0.462 e. The number of esters is 1. The molecule has 0 aromatic heterocycles. The van der Waals surface area contributed by atoms with Crippen molar-refractivity contribution in [2.75, 3.05) is 13.6 Å². The Bertz CT molecular complexity index is 835. The minimum absolute atomic E-state index is 0.00635. The summed E-state index contributed by atoms with van der Waals surface area (Å²) in [5.74, 6) is 3.15. The number of piperidine rings is 1. The van der Waals surface area contributed by atoms with Gasteiger partial charge in [0, 0.05) is 37.9 Å². The quantitative estimate of drug-likeness (QED) is 0.309. The number of hydrogen-bond acceptors (Lipinski definition) is 4. The van der Waals surface area contributed by atoms with Crippen LogP contribution < -0.4 is 0 Å². The minimum atomic E-state index is -0.0151. The molecule has 4 fully saturated rings. The van der Waals surface area contributed by atoms with Gasteiger partial charge in [-0.2, -0.15) is 0 Å². The van der Waals surface area contributed by atoms with Crippen LogP contribution >= 0.6 is 0 Å². The van der Waals surface area contributed by atoms with Crippen LogP contribution in [-0.4, -0.2) is 47.1 Å². The fourth-order valence-electron chi connectivity index (χ4n) is 8.84. The first-order valence-electron chi connectivity index (χ1n) is 14.3. The maximum atomic E-state index is 12.8. The number of hydrogen-bond donors (Lipinski definition) is 0. The fourth-order valence-corrected chi connectivity index (χ4v) is 8.84. The van der Waals surface area contributed by atoms with Crippen molar-refractivity contribution in [1.29, 1.82) is 0 Å². The predicted molar refractivity (Wildman–Crippen MR) is 140 cm³/mol. The van der Waals surface area contributed by atoms with Crippen molar-refractivity contribution in [1.82, 2.24) is 10.0 Å². The molecule has 2 saturated heterocycles. The first-order valence-corrected chi connectivity index (χ1v) is 14.3. The topological polar surface area (TPSA) is 49.9 Å². The van der Waals surface area contributed by atoms with Gasteiger partial charge in [-0.1, -0.05) is 25.5 Å². The number of carbonyl (C=O) groups excluding carboxylic acids is 2. The lowest BCUT2D eigenvalue weighted by atomic mass is 9.52. The van der Waals surface area contributed by atoms with E-state index in [0.29, 0.717) is 36.5 Å². The summed E-state index contributed by atoms with van der Waals surface area (Å²) in [5.41, 5.74) is 1.70. The Balaban J connectivity index is 1.38. The average molecular weight is 487 g/mol. The number of ether oxygens (including phenoxy) is 1. The summed E-state index contributed by atoms with van der Waals surface area (Å²) in [6.45, 7) is 14.5. The second-order valence-corrected chi connectivity index (χ2v) is 13.2. The number of carbonyl (C=O) groups is 2. The molecule has 0 spiro atoms. The van der Waals surface area contributed by atoms with Crippen LogP contribution in [0.3, 0.4) is 0 Å². The van der Waals surface area contributed by atoms with E-state index in [-0.39, 0.29) is 28.9 Å². The lowest BCUT2D eigenvalue weighted by Crippen LogP contribution is -2.69. The Morgan fingerprint density at radius 1 is 1.11 bits per heavy atom. The van der Waals surface area contributed by atoms with E-state index >= 15 is 0 Å². The molecule has 1 amide bonds. The van der Waals surface area contributed by atoms with Crippen LogP contribution in [0.25, 0.3) is 0 Å². The number of nitrogens with zero attached hydrogens (tertiary/aromatic N) is 2. The molecule has 2 unspecified atom stereocenters. The van der Waals surface area contributed by atoms with Gasteiger partial charge in [0.25, 0.3) is 0 Å². The van der Waals surface area contributed by atoms with E-state index in [2.05, 4.69) is 52.6 Å². The SMILES string of the molecule is CC(C)=CCCC(C)CC(=O)OC(C)[C@H]1CC[C@H]2[C@@H]3CCN4N(C)C(=O)CC[C@]4(C)[C@H]3CC[C@]12C. The van der Waals surface area contributed by atoms with E-state index in [1.165, 1.54) is 37.7 Å². The van der Waals surface area contributed by atoms with Gasteiger partial charge in [0.2, 0.25) is 5.91 Å². The third-order valence-corrected chi connectivity index (χ3v) is 10.8. The summed E-state index contributed by atoms with van der Waals surface area (Å²) in [4.78, 5) is 25.2. The monoisotopic (exact) mass is 486 g/mol. The second kappa shape index (κ2) is 10.2. The molecular weight excluding hydrogens is 436 g/mol. The van der Waals surface area contributed by atoms with Crippen molar-refractivity contribution in [2.24, 2.45) is 35.0 Å². The van der Waals surface area contributed by atoms with Crippen molar-refractivity contribution < 1.29 is 14.3 Å². The molecule has 2 saturated carbocycles. The Morgan fingerprint density at radius 3 is 2.57 bits per heavy atom. The number of amides is 1. The van der Waals surface area contributed by atoms with Crippen LogP contribution in [-0.2, 0) is 14.3 Å². The highest BCUT2D eigenvalue weighted by Gasteiger charge is 2.61. The Hall–Kier alpha value is -1.36. The van der Waals surface area contributed by atoms with E-state index in [9.17, 15) is 9.59 Å². The summed E-state index contributed by atoms with van der Waals surface area (Å²) in [6, 6.07) is 0. The van der Waals surface area contributed by atoms with Crippen molar-refractivity contribution in [3.8, 4) is 0 Å². The highest BCUT2D eigenvalue weighted by atomic mass is 16.5. The number of rotatable bonds is 7. The van der Waals surface area contributed by atoms with E-state index < -0.39 is 0 Å². The van der Waals surface area contributed by atoms with Gasteiger partial charge in [0.15, 0.2) is 0 Å². The Kier molecular flexibility index (Phi) is 7.77. The highest BCUT2D eigenvalue weighted by molar-refractivity contribution is 5.76. The van der Waals surface area contributed by atoms with Gasteiger partial charge in [-0.25, -0.2) is 5.01 Å². The van der Waals surface area contributed by atoms with Crippen molar-refractivity contribution in [2.45, 2.75) is 117 Å². The summed E-state index contributed by atoms with van der Waals surface area (Å²) >= 11 is 0. The van der Waals surface area contributed by atoms with Crippen molar-refractivity contribution in [3.05, 3.63) is 11.6 Å². The summed E-state index contributed by atoms with van der Waals surface area (Å²) in [5, 5.41) is 4.32. The van der Waals surface area contributed by atoms with Gasteiger partial charge < -0.3 is 4.74 Å². The Labute approximate surface area is 214 Å². The molecular formula is C30H50N2O3. The molecule has 4 aliphatic rings. The molecule has 8 atom stereocenters. The normalized spacial score (nSPS) is 38.7. The van der Waals surface area contributed by atoms with Crippen molar-refractivity contribution >= 4 is 11.9 Å². The van der Waals surface area contributed by atoms with E-state index in [4.69, 9.17) is 4.74 Å². The zero-order chi connectivity index (χ0) is 25.5. The number of fused-ring (bicyclic) bond motifs is 5. The molecule has 2 heterocycles. The first kappa shape index (κ1) is 26.7. The molecule has 0 aromatic rings. The van der Waals surface area contributed by atoms with Crippen LogP contribution in [0.4, 0.5) is 0 Å². The second-order valence-electron chi connectivity index (χ2n) is 13.2. The molecule has 198 valence electrons.